The van der Waals surface area contributed by atoms with Gasteiger partial charge in [0.2, 0.25) is 0 Å². The number of rotatable bonds is 4. The van der Waals surface area contributed by atoms with Gasteiger partial charge in [0.25, 0.3) is 0 Å². The van der Waals surface area contributed by atoms with Crippen molar-refractivity contribution < 1.29 is 14.3 Å². The Balaban J connectivity index is 2.32. The lowest BCUT2D eigenvalue weighted by Gasteiger charge is -1.97. The van der Waals surface area contributed by atoms with Gasteiger partial charge in [-0.3, -0.25) is 0 Å². The Morgan fingerprint density at radius 1 is 1.50 bits per heavy atom. The van der Waals surface area contributed by atoms with Crippen molar-refractivity contribution in [2.24, 2.45) is 0 Å². The van der Waals surface area contributed by atoms with Crippen LogP contribution in [-0.2, 0) is 14.3 Å². The molecule has 3 heteroatoms. The minimum atomic E-state index is -0.377. The van der Waals surface area contributed by atoms with Gasteiger partial charge in [-0.2, -0.15) is 0 Å². The van der Waals surface area contributed by atoms with E-state index in [0.29, 0.717) is 6.61 Å². The molecule has 1 saturated heterocycles. The topological polar surface area (TPSA) is 38.8 Å². The van der Waals surface area contributed by atoms with Gasteiger partial charge in [-0.05, 0) is 18.9 Å². The number of carbonyl (C=O) groups is 1. The van der Waals surface area contributed by atoms with Gasteiger partial charge in [-0.25, -0.2) is 4.79 Å². The molecule has 1 rings (SSSR count). The van der Waals surface area contributed by atoms with Gasteiger partial charge in [0.15, 0.2) is 6.10 Å². The van der Waals surface area contributed by atoms with Gasteiger partial charge >= 0.3 is 5.97 Å². The Kier molecular flexibility index (Phi) is 2.87. The van der Waals surface area contributed by atoms with Crippen molar-refractivity contribution in [2.45, 2.75) is 32.5 Å². The van der Waals surface area contributed by atoms with E-state index in [-0.39, 0.29) is 18.2 Å². The average molecular weight is 170 g/mol. The van der Waals surface area contributed by atoms with Crippen LogP contribution < -0.4 is 0 Å². The second-order valence-corrected chi connectivity index (χ2v) is 2.74. The van der Waals surface area contributed by atoms with Gasteiger partial charge < -0.3 is 9.47 Å². The van der Waals surface area contributed by atoms with E-state index >= 15 is 0 Å². The molecule has 2 unspecified atom stereocenters. The van der Waals surface area contributed by atoms with E-state index < -0.39 is 0 Å². The fourth-order valence-corrected chi connectivity index (χ4v) is 1.03. The predicted molar refractivity (Wildman–Crippen MR) is 44.7 cm³/mol. The Bertz CT molecular complexity index is 198. The van der Waals surface area contributed by atoms with E-state index in [4.69, 9.17) is 9.47 Å². The highest BCUT2D eigenvalue weighted by molar-refractivity contribution is 5.78. The fourth-order valence-electron chi connectivity index (χ4n) is 1.03. The molecular formula is C9H14O3. The number of hydrogen-bond acceptors (Lipinski definition) is 3. The van der Waals surface area contributed by atoms with Crippen molar-refractivity contribution in [1.29, 1.82) is 0 Å². The van der Waals surface area contributed by atoms with Crippen molar-refractivity contribution in [3.8, 4) is 0 Å². The molecule has 0 radical (unpaired) electrons. The normalized spacial score (nSPS) is 26.5. The van der Waals surface area contributed by atoms with Crippen LogP contribution in [0.15, 0.2) is 12.2 Å². The third kappa shape index (κ3) is 1.85. The Hall–Kier alpha value is -0.830. The van der Waals surface area contributed by atoms with Crippen LogP contribution in [0.2, 0.25) is 0 Å². The molecule has 68 valence electrons. The quantitative estimate of drug-likeness (QED) is 0.362. The maximum absolute atomic E-state index is 11.0. The minimum Gasteiger partial charge on any atom is -0.464 e. The summed E-state index contributed by atoms with van der Waals surface area (Å²) in [6, 6.07) is 0. The zero-order valence-electron chi connectivity index (χ0n) is 7.50. The second-order valence-electron chi connectivity index (χ2n) is 2.74. The number of esters is 1. The molecule has 0 spiro atoms. The van der Waals surface area contributed by atoms with Gasteiger partial charge in [-0.15, -0.1) is 0 Å². The molecule has 0 bridgehead atoms. The first kappa shape index (κ1) is 9.26. The van der Waals surface area contributed by atoms with Crippen LogP contribution in [0, 0.1) is 0 Å². The van der Waals surface area contributed by atoms with Crippen LogP contribution in [0.4, 0.5) is 0 Å². The van der Waals surface area contributed by atoms with E-state index in [0.717, 1.165) is 12.0 Å². The molecule has 0 aliphatic carbocycles. The molecule has 3 nitrogen and oxygen atoms in total. The predicted octanol–water partition coefficient (Wildman–Crippen LogP) is 1.28. The summed E-state index contributed by atoms with van der Waals surface area (Å²) in [7, 11) is 0. The highest BCUT2D eigenvalue weighted by atomic mass is 16.6. The number of ether oxygens (including phenoxy) is 2. The Morgan fingerprint density at radius 2 is 2.17 bits per heavy atom. The summed E-state index contributed by atoms with van der Waals surface area (Å²) in [6.07, 6.45) is 0.382. The van der Waals surface area contributed by atoms with Crippen LogP contribution in [0.5, 0.6) is 0 Å². The van der Waals surface area contributed by atoms with Crippen molar-refractivity contribution in [2.75, 3.05) is 6.61 Å². The molecule has 0 aromatic heterocycles. The van der Waals surface area contributed by atoms with Crippen LogP contribution >= 0.6 is 0 Å². The first-order valence-corrected chi connectivity index (χ1v) is 4.20. The lowest BCUT2D eigenvalue weighted by Crippen LogP contribution is -2.14. The SMILES string of the molecule is C=C(CC)C1OC1C(=O)OCC. The molecule has 1 aliphatic rings. The van der Waals surface area contributed by atoms with E-state index in [1.165, 1.54) is 0 Å². The number of epoxide rings is 1. The van der Waals surface area contributed by atoms with Gasteiger partial charge in [0, 0.05) is 0 Å². The van der Waals surface area contributed by atoms with Gasteiger partial charge in [-0.1, -0.05) is 13.5 Å². The highest BCUT2D eigenvalue weighted by Gasteiger charge is 2.47. The molecule has 1 fully saturated rings. The summed E-state index contributed by atoms with van der Waals surface area (Å²) in [5, 5.41) is 0. The molecule has 0 amide bonds. The van der Waals surface area contributed by atoms with Crippen molar-refractivity contribution in [3.63, 3.8) is 0 Å². The van der Waals surface area contributed by atoms with E-state index in [9.17, 15) is 4.79 Å². The monoisotopic (exact) mass is 170 g/mol. The zero-order valence-corrected chi connectivity index (χ0v) is 7.50. The van der Waals surface area contributed by atoms with Crippen LogP contribution in [0.1, 0.15) is 20.3 Å². The van der Waals surface area contributed by atoms with Crippen molar-refractivity contribution >= 4 is 5.97 Å². The maximum atomic E-state index is 11.0. The summed E-state index contributed by atoms with van der Waals surface area (Å²) >= 11 is 0. The van der Waals surface area contributed by atoms with E-state index in [2.05, 4.69) is 6.58 Å². The third-order valence-electron chi connectivity index (χ3n) is 1.87. The van der Waals surface area contributed by atoms with Crippen molar-refractivity contribution in [1.82, 2.24) is 0 Å². The molecule has 1 heterocycles. The summed E-state index contributed by atoms with van der Waals surface area (Å²) in [5.74, 6) is -0.267. The van der Waals surface area contributed by atoms with Crippen LogP contribution in [-0.4, -0.2) is 24.8 Å². The zero-order chi connectivity index (χ0) is 9.14. The van der Waals surface area contributed by atoms with E-state index in [1.54, 1.807) is 6.92 Å². The summed E-state index contributed by atoms with van der Waals surface area (Å²) in [5.41, 5.74) is 0.966. The molecule has 12 heavy (non-hydrogen) atoms. The van der Waals surface area contributed by atoms with E-state index in [1.807, 2.05) is 6.92 Å². The Morgan fingerprint density at radius 3 is 2.67 bits per heavy atom. The van der Waals surface area contributed by atoms with Gasteiger partial charge in [0.1, 0.15) is 6.10 Å². The van der Waals surface area contributed by atoms with Crippen LogP contribution in [0.25, 0.3) is 0 Å². The molecule has 1 aliphatic heterocycles. The van der Waals surface area contributed by atoms with Crippen LogP contribution in [0.3, 0.4) is 0 Å². The molecular weight excluding hydrogens is 156 g/mol. The summed E-state index contributed by atoms with van der Waals surface area (Å²) < 4.78 is 9.90. The molecule has 0 N–H and O–H groups in total. The Labute approximate surface area is 72.4 Å². The second kappa shape index (κ2) is 3.72. The first-order valence-electron chi connectivity index (χ1n) is 4.20. The molecule has 2 atom stereocenters. The summed E-state index contributed by atoms with van der Waals surface area (Å²) in [4.78, 5) is 11.0. The third-order valence-corrected chi connectivity index (χ3v) is 1.87. The molecule has 0 saturated carbocycles. The fraction of sp³-hybridized carbons (Fsp3) is 0.667. The van der Waals surface area contributed by atoms with Gasteiger partial charge in [0.05, 0.1) is 6.61 Å². The lowest BCUT2D eigenvalue weighted by molar-refractivity contribution is -0.144. The summed E-state index contributed by atoms with van der Waals surface area (Å²) in [6.45, 7) is 7.98. The average Bonchev–Trinajstić information content (AvgIpc) is 2.82. The maximum Gasteiger partial charge on any atom is 0.338 e. The molecule has 0 aromatic rings. The lowest BCUT2D eigenvalue weighted by atomic mass is 10.1. The number of carbonyl (C=O) groups excluding carboxylic acids is 1. The standard InChI is InChI=1S/C9H14O3/c1-4-6(3)7-8(12-7)9(10)11-5-2/h7-8H,3-5H2,1-2H3. The van der Waals surface area contributed by atoms with Crippen molar-refractivity contribution in [3.05, 3.63) is 12.2 Å². The smallest absolute Gasteiger partial charge is 0.338 e. The number of hydrogen-bond donors (Lipinski definition) is 0. The minimum absolute atomic E-state index is 0.0888. The largest absolute Gasteiger partial charge is 0.464 e. The molecule has 0 aromatic carbocycles. The first-order chi connectivity index (χ1) is 5.70. The highest BCUT2D eigenvalue weighted by Crippen LogP contribution is 2.30.